The highest BCUT2D eigenvalue weighted by atomic mass is 15.1. The Bertz CT molecular complexity index is 844. The number of hydrogen-bond donors (Lipinski definition) is 0. The molecule has 0 unspecified atom stereocenters. The number of nitrogens with zero attached hydrogens (tertiary/aromatic N) is 3. The zero-order valence-electron chi connectivity index (χ0n) is 13.9. The fourth-order valence-electron chi connectivity index (χ4n) is 2.88. The van der Waals surface area contributed by atoms with Crippen LogP contribution in [0.4, 0.5) is 0 Å². The highest BCUT2D eigenvalue weighted by Crippen LogP contribution is 2.23. The molecule has 112 valence electrons. The monoisotopic (exact) mass is 292 g/mol. The third kappa shape index (κ3) is 2.23. The number of benzene rings is 1. The Morgan fingerprint density at radius 1 is 0.909 bits per heavy atom. The summed E-state index contributed by atoms with van der Waals surface area (Å²) in [6.45, 7) is 6.32. The van der Waals surface area contributed by atoms with Gasteiger partial charge in [0.1, 0.15) is 7.05 Å². The Hall–Kier alpha value is -2.42. The van der Waals surface area contributed by atoms with Crippen LogP contribution in [0, 0.1) is 20.8 Å². The fraction of sp³-hybridized carbons (Fsp3) is 0.263. The standard InChI is InChI=1S/C19H22N3/c1-13-9-6-7-10-16(13)17-11-8-12-18(22(17)5)19-20-14(2)15(3)21(19)4/h6-12H,1-5H3/q+1. The largest absolute Gasteiger partial charge is 0.326 e. The third-order valence-corrected chi connectivity index (χ3v) is 4.50. The zero-order valence-corrected chi connectivity index (χ0v) is 13.9. The number of hydrogen-bond acceptors (Lipinski definition) is 1. The summed E-state index contributed by atoms with van der Waals surface area (Å²) in [5, 5.41) is 0. The lowest BCUT2D eigenvalue weighted by Gasteiger charge is -2.07. The lowest BCUT2D eigenvalue weighted by Crippen LogP contribution is -2.34. The quantitative estimate of drug-likeness (QED) is 0.662. The molecule has 3 aromatic rings. The molecule has 3 heteroatoms. The molecule has 0 saturated carbocycles. The number of rotatable bonds is 2. The molecule has 2 heterocycles. The van der Waals surface area contributed by atoms with Crippen LogP contribution in [0.15, 0.2) is 42.5 Å². The Balaban J connectivity index is 2.22. The van der Waals surface area contributed by atoms with E-state index in [1.165, 1.54) is 22.5 Å². The molecule has 0 radical (unpaired) electrons. The van der Waals surface area contributed by atoms with Crippen LogP contribution < -0.4 is 4.57 Å². The molecule has 0 aliphatic rings. The average Bonchev–Trinajstić information content (AvgIpc) is 2.76. The highest BCUT2D eigenvalue weighted by molar-refractivity contribution is 5.62. The van der Waals surface area contributed by atoms with Crippen molar-refractivity contribution in [3.63, 3.8) is 0 Å². The molecule has 0 atom stereocenters. The Kier molecular flexibility index (Phi) is 3.57. The number of pyridine rings is 1. The molecule has 0 spiro atoms. The van der Waals surface area contributed by atoms with Gasteiger partial charge in [-0.2, -0.15) is 4.57 Å². The first kappa shape index (κ1) is 14.5. The van der Waals surface area contributed by atoms with Crippen molar-refractivity contribution in [2.75, 3.05) is 0 Å². The maximum absolute atomic E-state index is 4.74. The minimum Gasteiger partial charge on any atom is -0.326 e. The van der Waals surface area contributed by atoms with E-state index in [-0.39, 0.29) is 0 Å². The maximum atomic E-state index is 4.74. The first-order valence-electron chi connectivity index (χ1n) is 7.56. The normalized spacial score (nSPS) is 11.0. The Morgan fingerprint density at radius 3 is 2.23 bits per heavy atom. The molecular weight excluding hydrogens is 270 g/mol. The molecule has 0 N–H and O–H groups in total. The Labute approximate surface area is 131 Å². The second-order valence-corrected chi connectivity index (χ2v) is 5.84. The molecule has 2 aromatic heterocycles. The zero-order chi connectivity index (χ0) is 15.9. The van der Waals surface area contributed by atoms with E-state index in [1.807, 2.05) is 0 Å². The molecule has 3 rings (SSSR count). The van der Waals surface area contributed by atoms with Crippen molar-refractivity contribution < 1.29 is 4.57 Å². The van der Waals surface area contributed by atoms with Crippen molar-refractivity contribution >= 4 is 0 Å². The van der Waals surface area contributed by atoms with E-state index in [0.29, 0.717) is 0 Å². The van der Waals surface area contributed by atoms with Gasteiger partial charge in [-0.1, -0.05) is 18.2 Å². The molecule has 22 heavy (non-hydrogen) atoms. The summed E-state index contributed by atoms with van der Waals surface area (Å²) in [5.74, 6) is 1.01. The first-order valence-corrected chi connectivity index (χ1v) is 7.56. The molecule has 0 amide bonds. The van der Waals surface area contributed by atoms with Gasteiger partial charge >= 0.3 is 0 Å². The predicted molar refractivity (Wildman–Crippen MR) is 89.5 cm³/mol. The lowest BCUT2D eigenvalue weighted by atomic mass is 10.0. The third-order valence-electron chi connectivity index (χ3n) is 4.50. The summed E-state index contributed by atoms with van der Waals surface area (Å²) in [6, 6.07) is 14.9. The summed E-state index contributed by atoms with van der Waals surface area (Å²) in [6.07, 6.45) is 0. The maximum Gasteiger partial charge on any atom is 0.248 e. The average molecular weight is 292 g/mol. The molecule has 3 nitrogen and oxygen atoms in total. The summed E-state index contributed by atoms with van der Waals surface area (Å²) < 4.78 is 4.38. The van der Waals surface area contributed by atoms with Crippen LogP contribution in [0.5, 0.6) is 0 Å². The van der Waals surface area contributed by atoms with Gasteiger partial charge in [-0.25, -0.2) is 4.98 Å². The van der Waals surface area contributed by atoms with Crippen LogP contribution in [-0.2, 0) is 14.1 Å². The first-order chi connectivity index (χ1) is 10.5. The van der Waals surface area contributed by atoms with Gasteiger partial charge in [0.15, 0.2) is 0 Å². The summed E-state index contributed by atoms with van der Waals surface area (Å²) >= 11 is 0. The molecule has 0 saturated heterocycles. The van der Waals surface area contributed by atoms with Gasteiger partial charge in [-0.05, 0) is 38.5 Å². The van der Waals surface area contributed by atoms with Gasteiger partial charge in [0, 0.05) is 30.4 Å². The van der Waals surface area contributed by atoms with Crippen molar-refractivity contribution in [3.05, 3.63) is 59.4 Å². The summed E-state index contributed by atoms with van der Waals surface area (Å²) in [5.41, 5.74) is 7.15. The molecule has 0 aliphatic carbocycles. The number of aromatic nitrogens is 3. The molecule has 0 fully saturated rings. The molecular formula is C19H22N3+. The van der Waals surface area contributed by atoms with E-state index in [0.717, 1.165) is 17.2 Å². The van der Waals surface area contributed by atoms with Gasteiger partial charge < -0.3 is 4.57 Å². The van der Waals surface area contributed by atoms with Gasteiger partial charge in [-0.3, -0.25) is 0 Å². The van der Waals surface area contributed by atoms with E-state index < -0.39 is 0 Å². The topological polar surface area (TPSA) is 21.7 Å². The number of imidazole rings is 1. The van der Waals surface area contributed by atoms with E-state index in [1.54, 1.807) is 0 Å². The van der Waals surface area contributed by atoms with Gasteiger partial charge in [0.05, 0.1) is 5.69 Å². The SMILES string of the molecule is Cc1ccccc1-c1cccc(-c2nc(C)c(C)n2C)[n+]1C. The molecule has 1 aromatic carbocycles. The molecule has 0 aliphatic heterocycles. The van der Waals surface area contributed by atoms with Crippen LogP contribution in [-0.4, -0.2) is 9.55 Å². The smallest absolute Gasteiger partial charge is 0.248 e. The van der Waals surface area contributed by atoms with Crippen molar-refractivity contribution in [1.82, 2.24) is 9.55 Å². The second kappa shape index (κ2) is 5.41. The van der Waals surface area contributed by atoms with E-state index in [4.69, 9.17) is 4.98 Å². The van der Waals surface area contributed by atoms with Crippen LogP contribution in [0.1, 0.15) is 17.0 Å². The fourth-order valence-corrected chi connectivity index (χ4v) is 2.88. The van der Waals surface area contributed by atoms with Gasteiger partial charge in [0.25, 0.3) is 0 Å². The molecule has 0 bridgehead atoms. The van der Waals surface area contributed by atoms with Crippen molar-refractivity contribution in [2.24, 2.45) is 14.1 Å². The predicted octanol–water partition coefficient (Wildman–Crippen LogP) is 3.50. The van der Waals surface area contributed by atoms with Gasteiger partial charge in [-0.15, -0.1) is 0 Å². The Morgan fingerprint density at radius 2 is 1.59 bits per heavy atom. The second-order valence-electron chi connectivity index (χ2n) is 5.84. The van der Waals surface area contributed by atoms with Crippen molar-refractivity contribution in [1.29, 1.82) is 0 Å². The van der Waals surface area contributed by atoms with E-state index in [9.17, 15) is 0 Å². The van der Waals surface area contributed by atoms with E-state index in [2.05, 4.69) is 86.5 Å². The lowest BCUT2D eigenvalue weighted by molar-refractivity contribution is -0.649. The van der Waals surface area contributed by atoms with Crippen LogP contribution in [0.3, 0.4) is 0 Å². The minimum absolute atomic E-state index is 1.01. The van der Waals surface area contributed by atoms with Crippen LogP contribution in [0.25, 0.3) is 22.8 Å². The van der Waals surface area contributed by atoms with Crippen molar-refractivity contribution in [3.8, 4) is 22.8 Å². The minimum atomic E-state index is 1.01. The van der Waals surface area contributed by atoms with Crippen LogP contribution >= 0.6 is 0 Å². The van der Waals surface area contributed by atoms with Crippen LogP contribution in [0.2, 0.25) is 0 Å². The highest BCUT2D eigenvalue weighted by Gasteiger charge is 2.21. The summed E-state index contributed by atoms with van der Waals surface area (Å²) in [4.78, 5) is 4.74. The van der Waals surface area contributed by atoms with E-state index >= 15 is 0 Å². The van der Waals surface area contributed by atoms with Crippen molar-refractivity contribution in [2.45, 2.75) is 20.8 Å². The van der Waals surface area contributed by atoms with Gasteiger partial charge in [0.2, 0.25) is 17.2 Å². The number of aryl methyl sites for hydroxylation is 2. The summed E-state index contributed by atoms with van der Waals surface area (Å²) in [7, 11) is 4.18.